The molecule has 0 aromatic carbocycles. The number of nitrogens with two attached hydrogens (primary N) is 1. The lowest BCUT2D eigenvalue weighted by atomic mass is 9.81. The summed E-state index contributed by atoms with van der Waals surface area (Å²) < 4.78 is 5.67. The molecule has 2 aliphatic rings. The molecule has 19 heavy (non-hydrogen) atoms. The quantitative estimate of drug-likeness (QED) is 0.799. The highest BCUT2D eigenvalue weighted by molar-refractivity contribution is 5.78. The van der Waals surface area contributed by atoms with Gasteiger partial charge < -0.3 is 15.8 Å². The minimum absolute atomic E-state index is 0.218. The molecule has 1 aliphatic carbocycles. The van der Waals surface area contributed by atoms with Gasteiger partial charge >= 0.3 is 0 Å². The summed E-state index contributed by atoms with van der Waals surface area (Å²) in [5.74, 6) is 1.10. The first kappa shape index (κ1) is 14.8. The molecule has 1 saturated carbocycles. The van der Waals surface area contributed by atoms with E-state index in [2.05, 4.69) is 5.32 Å². The summed E-state index contributed by atoms with van der Waals surface area (Å²) >= 11 is 0. The Bertz CT molecular complexity index is 269. The van der Waals surface area contributed by atoms with E-state index < -0.39 is 0 Å². The zero-order valence-electron chi connectivity index (χ0n) is 11.9. The summed E-state index contributed by atoms with van der Waals surface area (Å²) in [6, 6.07) is 0. The molecule has 1 unspecified atom stereocenters. The third kappa shape index (κ3) is 4.77. The lowest BCUT2D eigenvalue weighted by Crippen LogP contribution is -2.36. The van der Waals surface area contributed by atoms with E-state index in [1.807, 2.05) is 0 Å². The molecule has 1 heterocycles. The van der Waals surface area contributed by atoms with Crippen molar-refractivity contribution in [3.05, 3.63) is 0 Å². The first-order valence-electron chi connectivity index (χ1n) is 7.89. The zero-order chi connectivity index (χ0) is 13.5. The van der Waals surface area contributed by atoms with Crippen LogP contribution in [0.5, 0.6) is 0 Å². The Morgan fingerprint density at radius 2 is 1.95 bits per heavy atom. The molecule has 3 N–H and O–H groups in total. The van der Waals surface area contributed by atoms with Gasteiger partial charge in [0, 0.05) is 19.1 Å². The molecular formula is C15H28N2O2. The van der Waals surface area contributed by atoms with E-state index in [1.165, 1.54) is 12.8 Å². The molecular weight excluding hydrogens is 240 g/mol. The van der Waals surface area contributed by atoms with Crippen LogP contribution >= 0.6 is 0 Å². The van der Waals surface area contributed by atoms with E-state index >= 15 is 0 Å². The zero-order valence-corrected chi connectivity index (χ0v) is 11.9. The maximum Gasteiger partial charge on any atom is 0.223 e. The van der Waals surface area contributed by atoms with Gasteiger partial charge in [0.05, 0.1) is 6.10 Å². The number of hydrogen-bond acceptors (Lipinski definition) is 3. The molecule has 4 heteroatoms. The van der Waals surface area contributed by atoms with E-state index in [4.69, 9.17) is 10.5 Å². The third-order valence-electron chi connectivity index (χ3n) is 4.59. The maximum atomic E-state index is 12.1. The lowest BCUT2D eigenvalue weighted by Gasteiger charge is -2.27. The number of amides is 1. The normalized spacial score (nSPS) is 31.9. The van der Waals surface area contributed by atoms with Crippen molar-refractivity contribution in [1.29, 1.82) is 0 Å². The Balaban J connectivity index is 1.59. The van der Waals surface area contributed by atoms with Gasteiger partial charge in [-0.2, -0.15) is 0 Å². The number of carbonyl (C=O) groups is 1. The first-order chi connectivity index (χ1) is 9.29. The largest absolute Gasteiger partial charge is 0.378 e. The molecule has 0 radical (unpaired) electrons. The molecule has 1 amide bonds. The van der Waals surface area contributed by atoms with Crippen molar-refractivity contribution in [2.24, 2.45) is 17.6 Å². The van der Waals surface area contributed by atoms with Crippen LogP contribution in [0.1, 0.15) is 51.4 Å². The van der Waals surface area contributed by atoms with Gasteiger partial charge in [-0.15, -0.1) is 0 Å². The summed E-state index contributed by atoms with van der Waals surface area (Å²) in [5, 5.41) is 3.08. The van der Waals surface area contributed by atoms with Gasteiger partial charge in [0.2, 0.25) is 5.91 Å². The van der Waals surface area contributed by atoms with Crippen LogP contribution in [-0.2, 0) is 9.53 Å². The van der Waals surface area contributed by atoms with Gasteiger partial charge in [0.1, 0.15) is 0 Å². The number of carbonyl (C=O) groups excluding carboxylic acids is 1. The Kier molecular flexibility index (Phi) is 6.11. The predicted molar refractivity (Wildman–Crippen MR) is 75.7 cm³/mol. The molecule has 1 aliphatic heterocycles. The highest BCUT2D eigenvalue weighted by atomic mass is 16.5. The number of rotatable bonds is 5. The molecule has 2 rings (SSSR count). The number of nitrogens with one attached hydrogen (secondary N) is 1. The molecule has 2 fully saturated rings. The Hall–Kier alpha value is -0.610. The lowest BCUT2D eigenvalue weighted by molar-refractivity contribution is -0.126. The highest BCUT2D eigenvalue weighted by Gasteiger charge is 2.25. The molecule has 1 atom stereocenters. The van der Waals surface area contributed by atoms with E-state index in [1.54, 1.807) is 0 Å². The van der Waals surface area contributed by atoms with Gasteiger partial charge in [0.15, 0.2) is 0 Å². The van der Waals surface area contributed by atoms with Crippen molar-refractivity contribution >= 4 is 5.91 Å². The maximum absolute atomic E-state index is 12.1. The molecule has 0 spiro atoms. The summed E-state index contributed by atoms with van der Waals surface area (Å²) in [6.07, 6.45) is 9.17. The van der Waals surface area contributed by atoms with E-state index in [0.29, 0.717) is 12.0 Å². The minimum Gasteiger partial charge on any atom is -0.378 e. The summed E-state index contributed by atoms with van der Waals surface area (Å²) in [4.78, 5) is 12.1. The van der Waals surface area contributed by atoms with Crippen LogP contribution in [0.3, 0.4) is 0 Å². The van der Waals surface area contributed by atoms with Crippen molar-refractivity contribution < 1.29 is 9.53 Å². The molecule has 110 valence electrons. The van der Waals surface area contributed by atoms with Crippen LogP contribution in [0, 0.1) is 11.8 Å². The number of hydrogen-bond donors (Lipinski definition) is 2. The Morgan fingerprint density at radius 3 is 2.58 bits per heavy atom. The number of ether oxygens (including phenoxy) is 1. The molecule has 0 bridgehead atoms. The monoisotopic (exact) mass is 268 g/mol. The fourth-order valence-corrected chi connectivity index (χ4v) is 3.20. The average Bonchev–Trinajstić information content (AvgIpc) is 2.48. The van der Waals surface area contributed by atoms with Crippen LogP contribution in [0.15, 0.2) is 0 Å². The summed E-state index contributed by atoms with van der Waals surface area (Å²) in [7, 11) is 0. The van der Waals surface area contributed by atoms with Crippen molar-refractivity contribution in [2.45, 2.75) is 57.5 Å². The van der Waals surface area contributed by atoms with Crippen LogP contribution < -0.4 is 11.1 Å². The van der Waals surface area contributed by atoms with Crippen molar-refractivity contribution in [1.82, 2.24) is 5.32 Å². The van der Waals surface area contributed by atoms with Gasteiger partial charge in [-0.05, 0) is 63.8 Å². The second-order valence-corrected chi connectivity index (χ2v) is 6.02. The van der Waals surface area contributed by atoms with Gasteiger partial charge in [-0.25, -0.2) is 0 Å². The van der Waals surface area contributed by atoms with E-state index in [-0.39, 0.29) is 11.8 Å². The highest BCUT2D eigenvalue weighted by Crippen LogP contribution is 2.28. The van der Waals surface area contributed by atoms with E-state index in [9.17, 15) is 4.79 Å². The van der Waals surface area contributed by atoms with Gasteiger partial charge in [-0.1, -0.05) is 0 Å². The first-order valence-corrected chi connectivity index (χ1v) is 7.89. The van der Waals surface area contributed by atoms with Gasteiger partial charge in [0.25, 0.3) is 0 Å². The van der Waals surface area contributed by atoms with Crippen LogP contribution in [0.4, 0.5) is 0 Å². The molecule has 0 aromatic heterocycles. The second-order valence-electron chi connectivity index (χ2n) is 6.02. The summed E-state index contributed by atoms with van der Waals surface area (Å²) in [5.41, 5.74) is 5.67. The van der Waals surface area contributed by atoms with Crippen LogP contribution in [-0.4, -0.2) is 31.7 Å². The minimum atomic E-state index is 0.218. The predicted octanol–water partition coefficient (Wildman–Crippen LogP) is 1.83. The fourth-order valence-electron chi connectivity index (χ4n) is 3.20. The SMILES string of the molecule is NCC1CCC(C(=O)NCCC2CCCCO2)CC1. The van der Waals surface area contributed by atoms with Crippen molar-refractivity contribution in [3.8, 4) is 0 Å². The Morgan fingerprint density at radius 1 is 1.16 bits per heavy atom. The van der Waals surface area contributed by atoms with Crippen LogP contribution in [0.2, 0.25) is 0 Å². The third-order valence-corrected chi connectivity index (χ3v) is 4.59. The standard InChI is InChI=1S/C15H28N2O2/c16-11-12-4-6-13(7-5-12)15(18)17-9-8-14-3-1-2-10-19-14/h12-14H,1-11,16H2,(H,17,18). The molecule has 0 aromatic rings. The topological polar surface area (TPSA) is 64.4 Å². The van der Waals surface area contributed by atoms with Crippen molar-refractivity contribution in [3.63, 3.8) is 0 Å². The average molecular weight is 268 g/mol. The van der Waals surface area contributed by atoms with Crippen LogP contribution in [0.25, 0.3) is 0 Å². The summed E-state index contributed by atoms with van der Waals surface area (Å²) in [6.45, 7) is 2.43. The fraction of sp³-hybridized carbons (Fsp3) is 0.933. The second kappa shape index (κ2) is 7.85. The molecule has 1 saturated heterocycles. The molecule has 4 nitrogen and oxygen atoms in total. The van der Waals surface area contributed by atoms with Gasteiger partial charge in [-0.3, -0.25) is 4.79 Å². The Labute approximate surface area is 116 Å². The smallest absolute Gasteiger partial charge is 0.223 e. The van der Waals surface area contributed by atoms with E-state index in [0.717, 1.165) is 58.2 Å². The van der Waals surface area contributed by atoms with Crippen molar-refractivity contribution in [2.75, 3.05) is 19.7 Å².